The first-order valence-electron chi connectivity index (χ1n) is 8.81. The fourth-order valence-corrected chi connectivity index (χ4v) is 2.97. The third-order valence-electron chi connectivity index (χ3n) is 4.68. The van der Waals surface area contributed by atoms with Crippen LogP contribution in [-0.2, 0) is 4.79 Å². The Labute approximate surface area is 156 Å². The molecule has 1 saturated carbocycles. The van der Waals surface area contributed by atoms with Crippen LogP contribution in [0.3, 0.4) is 0 Å². The van der Waals surface area contributed by atoms with Crippen molar-refractivity contribution < 1.29 is 14.0 Å². The van der Waals surface area contributed by atoms with E-state index in [-0.39, 0.29) is 17.7 Å². The van der Waals surface area contributed by atoms with Gasteiger partial charge in [0, 0.05) is 28.4 Å². The van der Waals surface area contributed by atoms with Crippen LogP contribution >= 0.6 is 0 Å². The SMILES string of the molecule is C[C@@H]1C[C@@H]1C(=O)Nc1cccc(C(=O)Nc2cccc(-c3cnco3)c2)c1. The van der Waals surface area contributed by atoms with Gasteiger partial charge in [-0.25, -0.2) is 4.98 Å². The smallest absolute Gasteiger partial charge is 0.255 e. The lowest BCUT2D eigenvalue weighted by Crippen LogP contribution is -2.16. The number of aromatic nitrogens is 1. The van der Waals surface area contributed by atoms with Gasteiger partial charge < -0.3 is 15.1 Å². The van der Waals surface area contributed by atoms with Crippen LogP contribution in [0.4, 0.5) is 11.4 Å². The second-order valence-corrected chi connectivity index (χ2v) is 6.79. The lowest BCUT2D eigenvalue weighted by molar-refractivity contribution is -0.117. The molecule has 1 aliphatic carbocycles. The molecule has 4 rings (SSSR count). The summed E-state index contributed by atoms with van der Waals surface area (Å²) in [6, 6.07) is 14.3. The molecule has 1 aromatic heterocycles. The number of carbonyl (C=O) groups excluding carboxylic acids is 2. The van der Waals surface area contributed by atoms with Crippen molar-refractivity contribution in [2.75, 3.05) is 10.6 Å². The third-order valence-corrected chi connectivity index (χ3v) is 4.68. The Morgan fingerprint density at radius 1 is 1.07 bits per heavy atom. The van der Waals surface area contributed by atoms with Gasteiger partial charge in [0.05, 0.1) is 6.20 Å². The predicted octanol–water partition coefficient (Wildman–Crippen LogP) is 4.19. The van der Waals surface area contributed by atoms with E-state index in [1.165, 1.54) is 6.39 Å². The van der Waals surface area contributed by atoms with Gasteiger partial charge in [-0.15, -0.1) is 0 Å². The van der Waals surface area contributed by atoms with Crippen molar-refractivity contribution in [1.82, 2.24) is 4.98 Å². The average molecular weight is 361 g/mol. The fourth-order valence-electron chi connectivity index (χ4n) is 2.97. The number of nitrogens with zero attached hydrogens (tertiary/aromatic N) is 1. The Morgan fingerprint density at radius 2 is 1.81 bits per heavy atom. The van der Waals surface area contributed by atoms with Gasteiger partial charge >= 0.3 is 0 Å². The summed E-state index contributed by atoms with van der Waals surface area (Å²) in [4.78, 5) is 28.6. The average Bonchev–Trinajstić information content (AvgIpc) is 3.17. The predicted molar refractivity (Wildman–Crippen MR) is 102 cm³/mol. The molecule has 0 bridgehead atoms. The molecule has 0 spiro atoms. The van der Waals surface area contributed by atoms with Crippen molar-refractivity contribution in [3.8, 4) is 11.3 Å². The summed E-state index contributed by atoms with van der Waals surface area (Å²) in [6.07, 6.45) is 3.91. The van der Waals surface area contributed by atoms with Gasteiger partial charge in [-0.05, 0) is 42.7 Å². The zero-order valence-electron chi connectivity index (χ0n) is 14.8. The van der Waals surface area contributed by atoms with Gasteiger partial charge in [0.2, 0.25) is 5.91 Å². The topological polar surface area (TPSA) is 84.2 Å². The number of nitrogens with one attached hydrogen (secondary N) is 2. The van der Waals surface area contributed by atoms with Gasteiger partial charge in [0.25, 0.3) is 5.91 Å². The number of carbonyl (C=O) groups is 2. The zero-order chi connectivity index (χ0) is 18.8. The van der Waals surface area contributed by atoms with Crippen LogP contribution in [-0.4, -0.2) is 16.8 Å². The van der Waals surface area contributed by atoms with Crippen molar-refractivity contribution in [3.63, 3.8) is 0 Å². The maximum Gasteiger partial charge on any atom is 0.255 e. The molecule has 2 amide bonds. The van der Waals surface area contributed by atoms with Crippen molar-refractivity contribution in [2.45, 2.75) is 13.3 Å². The number of rotatable bonds is 5. The first-order chi connectivity index (χ1) is 13.1. The van der Waals surface area contributed by atoms with E-state index in [1.807, 2.05) is 18.2 Å². The van der Waals surface area contributed by atoms with Gasteiger partial charge in [0.15, 0.2) is 12.2 Å². The minimum atomic E-state index is -0.249. The molecule has 0 unspecified atom stereocenters. The van der Waals surface area contributed by atoms with E-state index in [0.717, 1.165) is 12.0 Å². The van der Waals surface area contributed by atoms with E-state index in [1.54, 1.807) is 36.5 Å². The van der Waals surface area contributed by atoms with E-state index in [0.29, 0.717) is 28.6 Å². The zero-order valence-corrected chi connectivity index (χ0v) is 14.8. The lowest BCUT2D eigenvalue weighted by atomic mass is 10.1. The molecule has 3 aromatic rings. The number of oxazole rings is 1. The summed E-state index contributed by atoms with van der Waals surface area (Å²) in [7, 11) is 0. The highest BCUT2D eigenvalue weighted by atomic mass is 16.3. The molecule has 1 fully saturated rings. The highest BCUT2D eigenvalue weighted by Gasteiger charge is 2.39. The number of amides is 2. The second kappa shape index (κ2) is 7.07. The highest BCUT2D eigenvalue weighted by Crippen LogP contribution is 2.38. The number of hydrogen-bond donors (Lipinski definition) is 2. The standard InChI is InChI=1S/C21H19N3O3/c1-13-8-18(13)21(26)24-17-7-3-5-15(10-17)20(25)23-16-6-2-4-14(9-16)19-11-22-12-27-19/h2-7,9-13,18H,8H2,1H3,(H,23,25)(H,24,26)/t13-,18+/m1/s1. The maximum atomic E-state index is 12.6. The highest BCUT2D eigenvalue weighted by molar-refractivity contribution is 6.05. The summed E-state index contributed by atoms with van der Waals surface area (Å²) < 4.78 is 5.28. The van der Waals surface area contributed by atoms with Gasteiger partial charge in [-0.1, -0.05) is 25.1 Å². The summed E-state index contributed by atoms with van der Waals surface area (Å²) >= 11 is 0. The van der Waals surface area contributed by atoms with E-state index >= 15 is 0 Å². The van der Waals surface area contributed by atoms with Crippen LogP contribution < -0.4 is 10.6 Å². The largest absolute Gasteiger partial charge is 0.444 e. The number of anilines is 2. The maximum absolute atomic E-state index is 12.6. The molecule has 27 heavy (non-hydrogen) atoms. The molecule has 6 nitrogen and oxygen atoms in total. The van der Waals surface area contributed by atoms with Gasteiger partial charge in [-0.3, -0.25) is 9.59 Å². The van der Waals surface area contributed by atoms with Crippen molar-refractivity contribution in [2.24, 2.45) is 11.8 Å². The quantitative estimate of drug-likeness (QED) is 0.714. The van der Waals surface area contributed by atoms with Crippen LogP contribution in [0.2, 0.25) is 0 Å². The van der Waals surface area contributed by atoms with Crippen LogP contribution in [0.5, 0.6) is 0 Å². The Hall–Kier alpha value is -3.41. The molecular weight excluding hydrogens is 342 g/mol. The minimum Gasteiger partial charge on any atom is -0.444 e. The molecule has 0 saturated heterocycles. The molecule has 2 aromatic carbocycles. The van der Waals surface area contributed by atoms with Crippen LogP contribution in [0, 0.1) is 11.8 Å². The molecule has 1 heterocycles. The summed E-state index contributed by atoms with van der Waals surface area (Å²) in [6.45, 7) is 2.06. The van der Waals surface area contributed by atoms with Crippen molar-refractivity contribution in [1.29, 1.82) is 0 Å². The minimum absolute atomic E-state index is 0.0137. The number of hydrogen-bond acceptors (Lipinski definition) is 4. The summed E-state index contributed by atoms with van der Waals surface area (Å²) in [5.41, 5.74) is 2.57. The van der Waals surface area contributed by atoms with Gasteiger partial charge in [-0.2, -0.15) is 0 Å². The van der Waals surface area contributed by atoms with Gasteiger partial charge in [0.1, 0.15) is 0 Å². The summed E-state index contributed by atoms with van der Waals surface area (Å²) in [5, 5.41) is 5.75. The van der Waals surface area contributed by atoms with E-state index in [2.05, 4.69) is 22.5 Å². The first-order valence-corrected chi connectivity index (χ1v) is 8.81. The molecule has 2 atom stereocenters. The fraction of sp³-hybridized carbons (Fsp3) is 0.190. The Bertz CT molecular complexity index is 982. The molecule has 0 radical (unpaired) electrons. The molecule has 1 aliphatic rings. The van der Waals surface area contributed by atoms with Crippen LogP contribution in [0.15, 0.2) is 65.5 Å². The second-order valence-electron chi connectivity index (χ2n) is 6.79. The molecule has 136 valence electrons. The molecule has 6 heteroatoms. The number of benzene rings is 2. The normalized spacial score (nSPS) is 18.0. The van der Waals surface area contributed by atoms with Crippen molar-refractivity contribution >= 4 is 23.2 Å². The molecule has 0 aliphatic heterocycles. The third kappa shape index (κ3) is 3.89. The van der Waals surface area contributed by atoms with E-state index < -0.39 is 0 Å². The van der Waals surface area contributed by atoms with E-state index in [4.69, 9.17) is 4.42 Å². The van der Waals surface area contributed by atoms with Crippen LogP contribution in [0.25, 0.3) is 11.3 Å². The molecule has 2 N–H and O–H groups in total. The first kappa shape index (κ1) is 17.0. The van der Waals surface area contributed by atoms with Crippen molar-refractivity contribution in [3.05, 3.63) is 66.7 Å². The Morgan fingerprint density at radius 3 is 2.52 bits per heavy atom. The lowest BCUT2D eigenvalue weighted by Gasteiger charge is -2.09. The van der Waals surface area contributed by atoms with E-state index in [9.17, 15) is 9.59 Å². The summed E-state index contributed by atoms with van der Waals surface area (Å²) in [5.74, 6) is 0.917. The van der Waals surface area contributed by atoms with Crippen LogP contribution in [0.1, 0.15) is 23.7 Å². The molecular formula is C21H19N3O3. The monoisotopic (exact) mass is 361 g/mol. The Kier molecular flexibility index (Phi) is 4.46. The Balaban J connectivity index is 1.46.